The number of aryl methyl sites for hydroxylation is 2. The van der Waals surface area contributed by atoms with Crippen LogP contribution in [0.1, 0.15) is 29.9 Å². The molecule has 1 aliphatic carbocycles. The molecule has 5 rings (SSSR count). The Hall–Kier alpha value is -2.82. The summed E-state index contributed by atoms with van der Waals surface area (Å²) in [6.45, 7) is 0.748. The van der Waals surface area contributed by atoms with E-state index in [0.717, 1.165) is 34.5 Å². The molecule has 0 unspecified atom stereocenters. The van der Waals surface area contributed by atoms with Crippen LogP contribution < -0.4 is 5.69 Å². The van der Waals surface area contributed by atoms with E-state index in [4.69, 9.17) is 0 Å². The van der Waals surface area contributed by atoms with Gasteiger partial charge in [-0.2, -0.15) is 0 Å². The van der Waals surface area contributed by atoms with Crippen LogP contribution >= 0.6 is 0 Å². The zero-order valence-corrected chi connectivity index (χ0v) is 14.4. The molecular formula is C20H20N4O. The van der Waals surface area contributed by atoms with Gasteiger partial charge in [-0.3, -0.25) is 9.13 Å². The predicted octanol–water partition coefficient (Wildman–Crippen LogP) is 3.15. The van der Waals surface area contributed by atoms with E-state index in [1.807, 2.05) is 26.5 Å². The molecule has 0 amide bonds. The van der Waals surface area contributed by atoms with E-state index in [2.05, 4.69) is 39.9 Å². The van der Waals surface area contributed by atoms with Gasteiger partial charge in [0, 0.05) is 20.6 Å². The molecule has 1 saturated carbocycles. The Morgan fingerprint density at radius 3 is 2.56 bits per heavy atom. The zero-order valence-electron chi connectivity index (χ0n) is 14.4. The van der Waals surface area contributed by atoms with Gasteiger partial charge in [-0.05, 0) is 54.2 Å². The van der Waals surface area contributed by atoms with E-state index in [1.54, 1.807) is 9.13 Å². The molecule has 5 nitrogen and oxygen atoms in total. The van der Waals surface area contributed by atoms with Crippen molar-refractivity contribution in [2.24, 2.45) is 14.1 Å². The molecule has 2 heterocycles. The first-order chi connectivity index (χ1) is 12.1. The molecule has 0 radical (unpaired) electrons. The molecule has 0 N–H and O–H groups in total. The zero-order chi connectivity index (χ0) is 17.1. The first-order valence-corrected chi connectivity index (χ1v) is 8.71. The Bertz CT molecular complexity index is 1170. The lowest BCUT2D eigenvalue weighted by Crippen LogP contribution is -2.19. The standard InChI is InChI=1S/C20H20N4O/c1-22-18-7-3-13(9-19(18)23(2)20(22)25)11-24-12-21-16-10-15(14-4-5-14)6-8-17(16)24/h3,6-10,12,14H,4-5,11H2,1-2H3. The molecule has 0 atom stereocenters. The van der Waals surface area contributed by atoms with Gasteiger partial charge in [0.1, 0.15) is 0 Å². The Morgan fingerprint density at radius 2 is 1.76 bits per heavy atom. The van der Waals surface area contributed by atoms with Crippen molar-refractivity contribution >= 4 is 22.1 Å². The summed E-state index contributed by atoms with van der Waals surface area (Å²) in [6, 6.07) is 12.9. The molecule has 0 spiro atoms. The topological polar surface area (TPSA) is 44.8 Å². The highest BCUT2D eigenvalue weighted by molar-refractivity contribution is 5.78. The highest BCUT2D eigenvalue weighted by Crippen LogP contribution is 2.40. The lowest BCUT2D eigenvalue weighted by atomic mass is 10.1. The molecule has 126 valence electrons. The van der Waals surface area contributed by atoms with Crippen LogP contribution in [-0.4, -0.2) is 18.7 Å². The summed E-state index contributed by atoms with van der Waals surface area (Å²) < 4.78 is 5.56. The summed E-state index contributed by atoms with van der Waals surface area (Å²) >= 11 is 0. The molecule has 0 bridgehead atoms. The van der Waals surface area contributed by atoms with Crippen LogP contribution in [0.2, 0.25) is 0 Å². The van der Waals surface area contributed by atoms with Crippen molar-refractivity contribution in [1.82, 2.24) is 18.7 Å². The van der Waals surface area contributed by atoms with Gasteiger partial charge >= 0.3 is 5.69 Å². The van der Waals surface area contributed by atoms with Gasteiger partial charge < -0.3 is 4.57 Å². The lowest BCUT2D eigenvalue weighted by molar-refractivity contribution is 0.794. The second-order valence-corrected chi connectivity index (χ2v) is 7.12. The third-order valence-corrected chi connectivity index (χ3v) is 5.38. The maximum absolute atomic E-state index is 12.1. The maximum atomic E-state index is 12.1. The van der Waals surface area contributed by atoms with Gasteiger partial charge in [-0.15, -0.1) is 0 Å². The van der Waals surface area contributed by atoms with Crippen LogP contribution in [0.25, 0.3) is 22.1 Å². The predicted molar refractivity (Wildman–Crippen MR) is 99.0 cm³/mol. The van der Waals surface area contributed by atoms with Crippen LogP contribution in [0, 0.1) is 0 Å². The average Bonchev–Trinajstić information content (AvgIpc) is 3.38. The number of nitrogens with zero attached hydrogens (tertiary/aromatic N) is 4. The number of aromatic nitrogens is 4. The van der Waals surface area contributed by atoms with Gasteiger partial charge in [-0.1, -0.05) is 12.1 Å². The number of hydrogen-bond donors (Lipinski definition) is 0. The molecule has 0 aliphatic heterocycles. The molecule has 25 heavy (non-hydrogen) atoms. The quantitative estimate of drug-likeness (QED) is 0.578. The van der Waals surface area contributed by atoms with Crippen LogP contribution in [-0.2, 0) is 20.6 Å². The second kappa shape index (κ2) is 5.09. The molecule has 1 fully saturated rings. The van der Waals surface area contributed by atoms with Gasteiger partial charge in [0.05, 0.1) is 28.4 Å². The van der Waals surface area contributed by atoms with E-state index in [9.17, 15) is 4.79 Å². The van der Waals surface area contributed by atoms with Crippen molar-refractivity contribution in [3.63, 3.8) is 0 Å². The molecular weight excluding hydrogens is 312 g/mol. The van der Waals surface area contributed by atoms with Gasteiger partial charge in [0.2, 0.25) is 0 Å². The maximum Gasteiger partial charge on any atom is 0.328 e. The number of rotatable bonds is 3. The first kappa shape index (κ1) is 14.5. The minimum absolute atomic E-state index is 0.00726. The van der Waals surface area contributed by atoms with Crippen LogP contribution in [0.5, 0.6) is 0 Å². The Morgan fingerprint density at radius 1 is 1.00 bits per heavy atom. The minimum Gasteiger partial charge on any atom is -0.326 e. The molecule has 5 heteroatoms. The van der Waals surface area contributed by atoms with Crippen molar-refractivity contribution < 1.29 is 0 Å². The SMILES string of the molecule is Cn1c(=O)n(C)c2cc(Cn3cnc4cc(C5CC5)ccc43)ccc21. The monoisotopic (exact) mass is 332 g/mol. The number of fused-ring (bicyclic) bond motifs is 2. The summed E-state index contributed by atoms with van der Waals surface area (Å²) in [7, 11) is 3.63. The lowest BCUT2D eigenvalue weighted by Gasteiger charge is -2.06. The summed E-state index contributed by atoms with van der Waals surface area (Å²) in [5.74, 6) is 0.747. The highest BCUT2D eigenvalue weighted by Gasteiger charge is 2.23. The fourth-order valence-corrected chi connectivity index (χ4v) is 3.72. The molecule has 1 aliphatic rings. The van der Waals surface area contributed by atoms with Crippen LogP contribution in [0.4, 0.5) is 0 Å². The molecule has 4 aromatic rings. The number of benzene rings is 2. The fraction of sp³-hybridized carbons (Fsp3) is 0.300. The Labute approximate surface area is 145 Å². The van der Waals surface area contributed by atoms with Gasteiger partial charge in [0.15, 0.2) is 0 Å². The van der Waals surface area contributed by atoms with Gasteiger partial charge in [0.25, 0.3) is 0 Å². The summed E-state index contributed by atoms with van der Waals surface area (Å²) in [5, 5.41) is 0. The third kappa shape index (κ3) is 2.22. The smallest absolute Gasteiger partial charge is 0.326 e. The van der Waals surface area contributed by atoms with Crippen LogP contribution in [0.3, 0.4) is 0 Å². The minimum atomic E-state index is 0.00726. The normalized spacial score (nSPS) is 14.6. The highest BCUT2D eigenvalue weighted by atomic mass is 16.1. The summed E-state index contributed by atoms with van der Waals surface area (Å²) in [6.07, 6.45) is 4.53. The third-order valence-electron chi connectivity index (χ3n) is 5.38. The molecule has 2 aromatic heterocycles. The van der Waals surface area contributed by atoms with E-state index in [1.165, 1.54) is 24.0 Å². The first-order valence-electron chi connectivity index (χ1n) is 8.71. The van der Waals surface area contributed by atoms with Crippen molar-refractivity contribution in [2.75, 3.05) is 0 Å². The number of imidazole rings is 2. The molecule has 2 aromatic carbocycles. The van der Waals surface area contributed by atoms with E-state index in [-0.39, 0.29) is 5.69 Å². The Kier molecular flexibility index (Phi) is 2.95. The van der Waals surface area contributed by atoms with Crippen molar-refractivity contribution in [2.45, 2.75) is 25.3 Å². The van der Waals surface area contributed by atoms with E-state index in [0.29, 0.717) is 0 Å². The van der Waals surface area contributed by atoms with E-state index < -0.39 is 0 Å². The molecule has 0 saturated heterocycles. The van der Waals surface area contributed by atoms with Crippen molar-refractivity contribution in [1.29, 1.82) is 0 Å². The summed E-state index contributed by atoms with van der Waals surface area (Å²) in [4.78, 5) is 16.7. The van der Waals surface area contributed by atoms with Crippen LogP contribution in [0.15, 0.2) is 47.5 Å². The van der Waals surface area contributed by atoms with Crippen molar-refractivity contribution in [3.8, 4) is 0 Å². The second-order valence-electron chi connectivity index (χ2n) is 7.12. The number of hydrogen-bond acceptors (Lipinski definition) is 2. The van der Waals surface area contributed by atoms with Gasteiger partial charge in [-0.25, -0.2) is 9.78 Å². The van der Waals surface area contributed by atoms with E-state index >= 15 is 0 Å². The summed E-state index contributed by atoms with van der Waals surface area (Å²) in [5.41, 5.74) is 6.74. The largest absolute Gasteiger partial charge is 0.328 e. The van der Waals surface area contributed by atoms with Crippen molar-refractivity contribution in [3.05, 3.63) is 64.3 Å². The average molecular weight is 332 g/mol. The Balaban J connectivity index is 1.54. The fourth-order valence-electron chi connectivity index (χ4n) is 3.72.